The molecule has 3 fully saturated rings. The molecule has 248 valence electrons. The molecule has 0 aliphatic carbocycles. The fourth-order valence-corrected chi connectivity index (χ4v) is 8.31. The third-order valence-corrected chi connectivity index (χ3v) is 10.6. The molecule has 7 rings (SSSR count). The van der Waals surface area contributed by atoms with E-state index < -0.39 is 11.6 Å². The van der Waals surface area contributed by atoms with E-state index in [4.69, 9.17) is 27.7 Å². The van der Waals surface area contributed by atoms with Gasteiger partial charge >= 0.3 is 6.01 Å². The van der Waals surface area contributed by atoms with Crippen molar-refractivity contribution in [3.63, 3.8) is 0 Å². The first-order valence-electron chi connectivity index (χ1n) is 16.3. The number of carbonyl (C=O) groups is 1. The second-order valence-electron chi connectivity index (χ2n) is 13.1. The monoisotopic (exact) mass is 671 g/mol. The molecule has 4 heterocycles. The maximum atomic E-state index is 17.1. The quantitative estimate of drug-likeness (QED) is 0.165. The lowest BCUT2D eigenvalue weighted by Crippen LogP contribution is -2.43. The van der Waals surface area contributed by atoms with Gasteiger partial charge in [-0.1, -0.05) is 30.2 Å². The highest BCUT2D eigenvalue weighted by Crippen LogP contribution is 2.44. The SMILES string of the molecule is C#Cc1c(F)ccc2cc(O)cc(-c3c(Cl)cc4c(N(C)C[C@@H]5CCCN5C(=O)C=C)nc(OCC56CCCN5CCC6)nc4c3F)c12. The molecule has 4 aromatic rings. The number of anilines is 1. The molecule has 0 radical (unpaired) electrons. The summed E-state index contributed by atoms with van der Waals surface area (Å²) in [5.74, 6) is 1.02. The Hall–Kier alpha value is -4.46. The zero-order chi connectivity index (χ0) is 33.7. The number of ether oxygens (including phenoxy) is 1. The standard InChI is InChI=1S/C37H36ClF2N5O3/c1-4-25-29(39)11-10-22-17-24(46)18-26(31(22)25)32-28(38)19-27-34(33(32)40)41-36(48-21-37-12-7-14-44(37)15-8-13-37)42-35(27)43(3)20-23-9-6-16-45(23)30(47)5-2/h1,5,10-11,17-19,23,46H,2,6-9,12-16,20-21H2,3H3/t23-/m0/s1. The van der Waals surface area contributed by atoms with Crippen LogP contribution in [0.1, 0.15) is 44.1 Å². The number of likely N-dealkylation sites (tertiary alicyclic amines) is 1. The van der Waals surface area contributed by atoms with Gasteiger partial charge in [0.1, 0.15) is 29.5 Å². The summed E-state index contributed by atoms with van der Waals surface area (Å²) < 4.78 is 38.3. The average molecular weight is 672 g/mol. The Morgan fingerprint density at radius 2 is 1.98 bits per heavy atom. The van der Waals surface area contributed by atoms with Crippen LogP contribution >= 0.6 is 11.6 Å². The zero-order valence-electron chi connectivity index (χ0n) is 26.7. The van der Waals surface area contributed by atoms with Gasteiger partial charge in [-0.05, 0) is 92.9 Å². The molecule has 1 amide bonds. The van der Waals surface area contributed by atoms with E-state index in [1.54, 1.807) is 11.0 Å². The van der Waals surface area contributed by atoms with Crippen LogP contribution in [0.4, 0.5) is 14.6 Å². The molecule has 3 aliphatic rings. The third-order valence-electron chi connectivity index (χ3n) is 10.3. The van der Waals surface area contributed by atoms with Gasteiger partial charge in [0.25, 0.3) is 0 Å². The van der Waals surface area contributed by atoms with Crippen LogP contribution in [-0.4, -0.2) is 82.2 Å². The predicted molar refractivity (Wildman–Crippen MR) is 183 cm³/mol. The first kappa shape index (κ1) is 32.1. The molecule has 1 aromatic heterocycles. The topological polar surface area (TPSA) is 82.0 Å². The summed E-state index contributed by atoms with van der Waals surface area (Å²) >= 11 is 6.87. The number of nitrogens with zero attached hydrogens (tertiary/aromatic N) is 5. The lowest BCUT2D eigenvalue weighted by atomic mass is 9.93. The van der Waals surface area contributed by atoms with Crippen molar-refractivity contribution in [3.05, 3.63) is 65.2 Å². The van der Waals surface area contributed by atoms with E-state index in [0.717, 1.165) is 51.6 Å². The molecule has 1 N–H and O–H groups in total. The number of phenols is 1. The van der Waals surface area contributed by atoms with Crippen LogP contribution in [0.25, 0.3) is 32.8 Å². The average Bonchev–Trinajstić information content (AvgIpc) is 3.80. The molecule has 0 unspecified atom stereocenters. The summed E-state index contributed by atoms with van der Waals surface area (Å²) in [6.07, 6.45) is 12.9. The van der Waals surface area contributed by atoms with Crippen LogP contribution in [0.2, 0.25) is 5.02 Å². The normalized spacial score (nSPS) is 18.7. The van der Waals surface area contributed by atoms with E-state index in [0.29, 0.717) is 36.3 Å². The Morgan fingerprint density at radius 3 is 2.71 bits per heavy atom. The summed E-state index contributed by atoms with van der Waals surface area (Å²) in [6.45, 7) is 7.11. The summed E-state index contributed by atoms with van der Waals surface area (Å²) in [7, 11) is 1.83. The fraction of sp³-hybridized carbons (Fsp3) is 0.378. The van der Waals surface area contributed by atoms with Crippen LogP contribution in [0.5, 0.6) is 11.8 Å². The first-order valence-corrected chi connectivity index (χ1v) is 16.7. The van der Waals surface area contributed by atoms with Crippen molar-refractivity contribution in [2.75, 3.05) is 44.7 Å². The summed E-state index contributed by atoms with van der Waals surface area (Å²) in [4.78, 5) is 28.1. The minimum Gasteiger partial charge on any atom is -0.508 e. The third kappa shape index (κ3) is 5.39. The maximum absolute atomic E-state index is 17.1. The highest BCUT2D eigenvalue weighted by Gasteiger charge is 2.45. The first-order chi connectivity index (χ1) is 23.1. The van der Waals surface area contributed by atoms with Gasteiger partial charge in [0, 0.05) is 42.5 Å². The van der Waals surface area contributed by atoms with Crippen LogP contribution < -0.4 is 9.64 Å². The minimum absolute atomic E-state index is 0.00169. The molecule has 0 spiro atoms. The molecular formula is C37H36ClF2N5O3. The van der Waals surface area contributed by atoms with Gasteiger partial charge in [0.15, 0.2) is 5.82 Å². The molecule has 0 saturated carbocycles. The predicted octanol–water partition coefficient (Wildman–Crippen LogP) is 6.69. The number of carbonyl (C=O) groups excluding carboxylic acids is 1. The molecule has 11 heteroatoms. The van der Waals surface area contributed by atoms with Crippen molar-refractivity contribution in [3.8, 4) is 35.2 Å². The molecule has 48 heavy (non-hydrogen) atoms. The van der Waals surface area contributed by atoms with Crippen LogP contribution in [-0.2, 0) is 4.79 Å². The lowest BCUT2D eigenvalue weighted by Gasteiger charge is -2.32. The van der Waals surface area contributed by atoms with E-state index >= 15 is 4.39 Å². The van der Waals surface area contributed by atoms with Gasteiger partial charge in [-0.25, -0.2) is 8.78 Å². The molecule has 1 atom stereocenters. The van der Waals surface area contributed by atoms with E-state index in [1.807, 2.05) is 11.9 Å². The molecule has 0 bridgehead atoms. The van der Waals surface area contributed by atoms with Gasteiger partial charge in [-0.15, -0.1) is 6.42 Å². The number of hydrogen-bond donors (Lipinski definition) is 1. The van der Waals surface area contributed by atoms with Gasteiger partial charge in [0.2, 0.25) is 5.91 Å². The van der Waals surface area contributed by atoms with E-state index in [-0.39, 0.29) is 61.9 Å². The summed E-state index contributed by atoms with van der Waals surface area (Å²) in [5.41, 5.74) is -0.167. The minimum atomic E-state index is -0.788. The number of benzene rings is 3. The van der Waals surface area contributed by atoms with E-state index in [1.165, 1.54) is 30.3 Å². The Labute approximate surface area is 283 Å². The molecule has 8 nitrogen and oxygen atoms in total. The number of amides is 1. The highest BCUT2D eigenvalue weighted by atomic mass is 35.5. The summed E-state index contributed by atoms with van der Waals surface area (Å²) in [5, 5.41) is 11.6. The Kier molecular flexibility index (Phi) is 8.38. The van der Waals surface area contributed by atoms with Crippen molar-refractivity contribution >= 4 is 45.0 Å². The number of phenolic OH excluding ortho intramolecular Hbond substituents is 1. The number of halogens is 3. The Balaban J connectivity index is 1.38. The van der Waals surface area contributed by atoms with Gasteiger partial charge in [-0.2, -0.15) is 9.97 Å². The largest absolute Gasteiger partial charge is 0.508 e. The second kappa shape index (κ2) is 12.5. The number of fused-ring (bicyclic) bond motifs is 3. The van der Waals surface area contributed by atoms with Crippen LogP contribution in [0.3, 0.4) is 0 Å². The van der Waals surface area contributed by atoms with Crippen molar-refractivity contribution in [2.24, 2.45) is 0 Å². The maximum Gasteiger partial charge on any atom is 0.319 e. The zero-order valence-corrected chi connectivity index (χ0v) is 27.5. The van der Waals surface area contributed by atoms with Gasteiger partial charge < -0.3 is 19.6 Å². The van der Waals surface area contributed by atoms with Gasteiger partial charge in [-0.3, -0.25) is 9.69 Å². The number of hydrogen-bond acceptors (Lipinski definition) is 7. The van der Waals surface area contributed by atoms with Gasteiger partial charge in [0.05, 0.1) is 16.1 Å². The molecule has 3 aromatic carbocycles. The summed E-state index contributed by atoms with van der Waals surface area (Å²) in [6, 6.07) is 6.93. The number of rotatable bonds is 8. The lowest BCUT2D eigenvalue weighted by molar-refractivity contribution is -0.126. The number of aromatic nitrogens is 2. The fourth-order valence-electron chi connectivity index (χ4n) is 8.02. The van der Waals surface area contributed by atoms with E-state index in [9.17, 15) is 14.3 Å². The number of terminal acetylenes is 1. The highest BCUT2D eigenvalue weighted by molar-refractivity contribution is 6.35. The Bertz CT molecular complexity index is 2000. The van der Waals surface area contributed by atoms with Crippen molar-refractivity contribution < 1.29 is 23.4 Å². The molecular weight excluding hydrogens is 636 g/mol. The molecule has 3 saturated heterocycles. The molecule has 3 aliphatic heterocycles. The number of aromatic hydroxyl groups is 1. The van der Waals surface area contributed by atoms with Crippen molar-refractivity contribution in [1.29, 1.82) is 0 Å². The Morgan fingerprint density at radius 1 is 1.21 bits per heavy atom. The van der Waals surface area contributed by atoms with Crippen molar-refractivity contribution in [2.45, 2.75) is 50.1 Å². The van der Waals surface area contributed by atoms with Crippen molar-refractivity contribution in [1.82, 2.24) is 19.8 Å². The second-order valence-corrected chi connectivity index (χ2v) is 13.5. The number of likely N-dealkylation sites (N-methyl/N-ethyl adjacent to an activating group) is 1. The smallest absolute Gasteiger partial charge is 0.319 e. The van der Waals surface area contributed by atoms with Crippen LogP contribution in [0.15, 0.2) is 43.0 Å². The van der Waals surface area contributed by atoms with E-state index in [2.05, 4.69) is 22.4 Å². The van der Waals surface area contributed by atoms with Crippen LogP contribution in [0, 0.1) is 24.0 Å².